The molecule has 0 fully saturated rings. The van der Waals surface area contributed by atoms with E-state index >= 15 is 0 Å². The van der Waals surface area contributed by atoms with Crippen molar-refractivity contribution in [3.05, 3.63) is 39.8 Å². The molecule has 2 aromatic rings. The van der Waals surface area contributed by atoms with Gasteiger partial charge >= 0.3 is 5.97 Å². The van der Waals surface area contributed by atoms with Gasteiger partial charge in [0.25, 0.3) is 0 Å². The maximum absolute atomic E-state index is 13.6. The summed E-state index contributed by atoms with van der Waals surface area (Å²) < 4.78 is 23.5. The molecule has 0 aliphatic heterocycles. The lowest BCUT2D eigenvalue weighted by atomic mass is 10.2. The average Bonchev–Trinajstić information content (AvgIpc) is 2.55. The summed E-state index contributed by atoms with van der Waals surface area (Å²) in [4.78, 5) is 30.4. The van der Waals surface area contributed by atoms with Crippen LogP contribution in [0.2, 0.25) is 10.2 Å². The van der Waals surface area contributed by atoms with Crippen molar-refractivity contribution < 1.29 is 23.5 Å². The number of benzene rings is 1. The van der Waals surface area contributed by atoms with Crippen LogP contribution in [0.25, 0.3) is 11.4 Å². The van der Waals surface area contributed by atoms with Crippen molar-refractivity contribution in [3.8, 4) is 17.3 Å². The summed E-state index contributed by atoms with van der Waals surface area (Å²) in [7, 11) is 0. The van der Waals surface area contributed by atoms with Crippen LogP contribution in [-0.4, -0.2) is 35.4 Å². The molecule has 0 atom stereocenters. The largest absolute Gasteiger partial charge is 0.465 e. The second-order valence-corrected chi connectivity index (χ2v) is 5.16. The van der Waals surface area contributed by atoms with Crippen molar-refractivity contribution in [2.75, 3.05) is 13.2 Å². The van der Waals surface area contributed by atoms with Crippen LogP contribution in [-0.2, 0) is 9.53 Å². The Balaban J connectivity index is 2.38. The Morgan fingerprint density at radius 3 is 2.71 bits per heavy atom. The molecule has 24 heavy (non-hydrogen) atoms. The van der Waals surface area contributed by atoms with E-state index in [4.69, 9.17) is 32.7 Å². The fourth-order valence-electron chi connectivity index (χ4n) is 1.73. The monoisotopic (exact) mass is 372 g/mol. The third-order valence-corrected chi connectivity index (χ3v) is 3.39. The number of hydrogen-bond donors (Lipinski definition) is 0. The number of rotatable bonds is 6. The van der Waals surface area contributed by atoms with Gasteiger partial charge in [-0.3, -0.25) is 4.79 Å². The number of aldehydes is 1. The summed E-state index contributed by atoms with van der Waals surface area (Å²) in [5.74, 6) is -1.49. The van der Waals surface area contributed by atoms with Crippen molar-refractivity contribution in [2.24, 2.45) is 0 Å². The van der Waals surface area contributed by atoms with Crippen molar-refractivity contribution in [2.45, 2.75) is 6.92 Å². The third-order valence-electron chi connectivity index (χ3n) is 2.79. The van der Waals surface area contributed by atoms with Crippen LogP contribution in [0.4, 0.5) is 4.39 Å². The minimum absolute atomic E-state index is 0.0139. The number of ether oxygens (including phenoxy) is 2. The van der Waals surface area contributed by atoms with Gasteiger partial charge < -0.3 is 9.47 Å². The van der Waals surface area contributed by atoms with E-state index in [1.165, 1.54) is 12.1 Å². The Kier molecular flexibility index (Phi) is 6.05. The molecule has 2 rings (SSSR count). The Hall–Kier alpha value is -2.25. The fraction of sp³-hybridized carbons (Fsp3) is 0.200. The normalized spacial score (nSPS) is 10.3. The molecule has 1 aromatic carbocycles. The zero-order chi connectivity index (χ0) is 17.7. The molecule has 1 aromatic heterocycles. The fourth-order valence-corrected chi connectivity index (χ4v) is 2.05. The van der Waals surface area contributed by atoms with Gasteiger partial charge in [0.15, 0.2) is 18.7 Å². The molecule has 126 valence electrons. The van der Waals surface area contributed by atoms with Gasteiger partial charge in [0.05, 0.1) is 11.6 Å². The lowest BCUT2D eigenvalue weighted by molar-refractivity contribution is -0.145. The van der Waals surface area contributed by atoms with Crippen molar-refractivity contribution >= 4 is 35.5 Å². The van der Waals surface area contributed by atoms with E-state index in [0.29, 0.717) is 6.29 Å². The number of esters is 1. The van der Waals surface area contributed by atoms with Crippen LogP contribution in [0, 0.1) is 5.82 Å². The molecule has 6 nitrogen and oxygen atoms in total. The Labute approximate surface area is 146 Å². The van der Waals surface area contributed by atoms with E-state index in [-0.39, 0.29) is 39.6 Å². The van der Waals surface area contributed by atoms with Gasteiger partial charge in [-0.05, 0) is 25.1 Å². The quantitative estimate of drug-likeness (QED) is 0.439. The van der Waals surface area contributed by atoms with Gasteiger partial charge in [-0.2, -0.15) is 4.98 Å². The van der Waals surface area contributed by atoms with E-state index in [1.54, 1.807) is 6.92 Å². The minimum Gasteiger partial charge on any atom is -0.465 e. The first-order valence-electron chi connectivity index (χ1n) is 6.72. The molecule has 0 aliphatic rings. The van der Waals surface area contributed by atoms with Gasteiger partial charge in [0.2, 0.25) is 5.88 Å². The number of hydrogen-bond acceptors (Lipinski definition) is 6. The first-order valence-corrected chi connectivity index (χ1v) is 7.48. The second kappa shape index (κ2) is 8.03. The summed E-state index contributed by atoms with van der Waals surface area (Å²) in [6.07, 6.45) is 0.398. The van der Waals surface area contributed by atoms with E-state index in [0.717, 1.165) is 6.07 Å². The van der Waals surface area contributed by atoms with Gasteiger partial charge in [0, 0.05) is 5.56 Å². The molecular formula is C15H11Cl2FN2O4. The number of halogens is 3. The minimum atomic E-state index is -0.664. The maximum Gasteiger partial charge on any atom is 0.344 e. The Bertz CT molecular complexity index is 786. The highest BCUT2D eigenvalue weighted by molar-refractivity contribution is 6.32. The van der Waals surface area contributed by atoms with Gasteiger partial charge in [-0.25, -0.2) is 14.2 Å². The topological polar surface area (TPSA) is 78.4 Å². The lowest BCUT2D eigenvalue weighted by Crippen LogP contribution is -2.16. The summed E-state index contributed by atoms with van der Waals surface area (Å²) in [6.45, 7) is 1.36. The van der Waals surface area contributed by atoms with E-state index in [2.05, 4.69) is 9.97 Å². The van der Waals surface area contributed by atoms with Crippen molar-refractivity contribution in [1.29, 1.82) is 0 Å². The molecule has 0 bridgehead atoms. The summed E-state index contributed by atoms with van der Waals surface area (Å²) in [5.41, 5.74) is 0.149. The highest BCUT2D eigenvalue weighted by Crippen LogP contribution is 2.28. The van der Waals surface area contributed by atoms with Crippen molar-refractivity contribution in [3.63, 3.8) is 0 Å². The van der Waals surface area contributed by atoms with E-state index in [9.17, 15) is 14.0 Å². The Morgan fingerprint density at radius 1 is 1.33 bits per heavy atom. The SMILES string of the molecule is CCOC(=O)COc1nc(-c2ccc(Cl)c(F)c2)nc(Cl)c1C=O. The third kappa shape index (κ3) is 4.18. The van der Waals surface area contributed by atoms with Crippen LogP contribution in [0.5, 0.6) is 5.88 Å². The van der Waals surface area contributed by atoms with Gasteiger partial charge in [-0.1, -0.05) is 23.2 Å². The number of aromatic nitrogens is 2. The molecule has 0 amide bonds. The highest BCUT2D eigenvalue weighted by Gasteiger charge is 2.17. The van der Waals surface area contributed by atoms with E-state index < -0.39 is 18.4 Å². The summed E-state index contributed by atoms with van der Waals surface area (Å²) >= 11 is 11.6. The standard InChI is InChI=1S/C15H11Cl2FN2O4/c1-2-23-12(22)7-24-15-9(6-21)13(17)19-14(20-15)8-3-4-10(16)11(18)5-8/h3-6H,2,7H2,1H3. The van der Waals surface area contributed by atoms with Crippen LogP contribution in [0.15, 0.2) is 18.2 Å². The maximum atomic E-state index is 13.6. The smallest absolute Gasteiger partial charge is 0.344 e. The average molecular weight is 373 g/mol. The Morgan fingerprint density at radius 2 is 2.08 bits per heavy atom. The van der Waals surface area contributed by atoms with Crippen molar-refractivity contribution in [1.82, 2.24) is 9.97 Å². The zero-order valence-corrected chi connectivity index (χ0v) is 13.9. The van der Waals surface area contributed by atoms with Crippen LogP contribution in [0.3, 0.4) is 0 Å². The molecular weight excluding hydrogens is 362 g/mol. The molecule has 0 saturated heterocycles. The number of carbonyl (C=O) groups is 2. The van der Waals surface area contributed by atoms with Crippen LogP contribution >= 0.6 is 23.2 Å². The molecule has 0 radical (unpaired) electrons. The number of nitrogens with zero attached hydrogens (tertiary/aromatic N) is 2. The predicted molar refractivity (Wildman–Crippen MR) is 85.0 cm³/mol. The van der Waals surface area contributed by atoms with Crippen LogP contribution in [0.1, 0.15) is 17.3 Å². The first kappa shape index (κ1) is 18.1. The van der Waals surface area contributed by atoms with Gasteiger partial charge in [0.1, 0.15) is 16.5 Å². The summed E-state index contributed by atoms with van der Waals surface area (Å²) in [6, 6.07) is 3.92. The molecule has 1 heterocycles. The van der Waals surface area contributed by atoms with E-state index in [1.807, 2.05) is 0 Å². The molecule has 0 aliphatic carbocycles. The molecule has 0 spiro atoms. The summed E-state index contributed by atoms with van der Waals surface area (Å²) in [5, 5.41) is -0.252. The molecule has 0 unspecified atom stereocenters. The second-order valence-electron chi connectivity index (χ2n) is 4.40. The van der Waals surface area contributed by atoms with Gasteiger partial charge in [-0.15, -0.1) is 0 Å². The highest BCUT2D eigenvalue weighted by atomic mass is 35.5. The molecule has 0 saturated carbocycles. The van der Waals surface area contributed by atoms with Crippen LogP contribution < -0.4 is 4.74 Å². The zero-order valence-electron chi connectivity index (χ0n) is 12.4. The molecule has 9 heteroatoms. The lowest BCUT2D eigenvalue weighted by Gasteiger charge is -2.10. The molecule has 0 N–H and O–H groups in total. The predicted octanol–water partition coefficient (Wildman–Crippen LogP) is 3.34. The first-order chi connectivity index (χ1) is 11.5. The number of carbonyl (C=O) groups excluding carboxylic acids is 2.